The van der Waals surface area contributed by atoms with Crippen molar-refractivity contribution in [2.75, 3.05) is 7.05 Å². The highest BCUT2D eigenvalue weighted by Crippen LogP contribution is 2.17. The summed E-state index contributed by atoms with van der Waals surface area (Å²) in [6.07, 6.45) is 0. The van der Waals surface area contributed by atoms with Crippen molar-refractivity contribution in [3.8, 4) is 11.3 Å². The number of benzene rings is 1. The number of rotatable bonds is 4. The zero-order chi connectivity index (χ0) is 16.2. The van der Waals surface area contributed by atoms with Crippen molar-refractivity contribution in [2.24, 2.45) is 0 Å². The summed E-state index contributed by atoms with van der Waals surface area (Å²) in [4.78, 5) is 18.6. The van der Waals surface area contributed by atoms with E-state index in [4.69, 9.17) is 0 Å². The number of nitrogens with one attached hydrogen (secondary N) is 1. The van der Waals surface area contributed by atoms with Crippen LogP contribution in [0.4, 0.5) is 0 Å². The molecule has 2 aromatic heterocycles. The van der Waals surface area contributed by atoms with Gasteiger partial charge in [0.2, 0.25) is 0 Å². The largest absolute Gasteiger partial charge is 0.334 e. The fraction of sp³-hybridized carbons (Fsp3) is 0.167. The minimum atomic E-state index is -0.108. The van der Waals surface area contributed by atoms with Gasteiger partial charge >= 0.3 is 0 Å². The zero-order valence-electron chi connectivity index (χ0n) is 13.2. The number of hydrogen-bond donors (Lipinski definition) is 1. The van der Waals surface area contributed by atoms with Gasteiger partial charge in [-0.05, 0) is 25.1 Å². The van der Waals surface area contributed by atoms with Crippen molar-refractivity contribution in [3.05, 3.63) is 71.7 Å². The average Bonchev–Trinajstić information content (AvgIpc) is 3.05. The lowest BCUT2D eigenvalue weighted by Gasteiger charge is -2.15. The summed E-state index contributed by atoms with van der Waals surface area (Å²) >= 11 is 0. The molecule has 23 heavy (non-hydrogen) atoms. The maximum absolute atomic E-state index is 12.5. The number of pyridine rings is 1. The standard InChI is InChI=1S/C18H18N4O/c1-13-7-6-10-15(19-13)12-22(2)18(23)17-11-16(20-21-17)14-8-4-3-5-9-14/h3-11H,12H2,1-2H3,(H,20,21). The van der Waals surface area contributed by atoms with Gasteiger partial charge in [-0.1, -0.05) is 36.4 Å². The number of H-pyrrole nitrogens is 1. The van der Waals surface area contributed by atoms with Gasteiger partial charge in [0.25, 0.3) is 5.91 Å². The van der Waals surface area contributed by atoms with E-state index in [2.05, 4.69) is 15.2 Å². The lowest BCUT2D eigenvalue weighted by atomic mass is 10.1. The van der Waals surface area contributed by atoms with Crippen molar-refractivity contribution >= 4 is 5.91 Å². The van der Waals surface area contributed by atoms with E-state index in [9.17, 15) is 4.79 Å². The van der Waals surface area contributed by atoms with Gasteiger partial charge in [0, 0.05) is 18.3 Å². The molecule has 0 spiro atoms. The molecule has 0 aliphatic carbocycles. The van der Waals surface area contributed by atoms with Gasteiger partial charge < -0.3 is 4.90 Å². The number of aromatic nitrogens is 3. The fourth-order valence-corrected chi connectivity index (χ4v) is 2.40. The fourth-order valence-electron chi connectivity index (χ4n) is 2.40. The van der Waals surface area contributed by atoms with Crippen LogP contribution in [0.25, 0.3) is 11.3 Å². The third-order valence-electron chi connectivity index (χ3n) is 3.57. The Bertz CT molecular complexity index is 811. The molecule has 0 aliphatic heterocycles. The van der Waals surface area contributed by atoms with Gasteiger partial charge in [-0.25, -0.2) is 0 Å². The number of carbonyl (C=O) groups is 1. The van der Waals surface area contributed by atoms with Crippen LogP contribution < -0.4 is 0 Å². The number of carbonyl (C=O) groups excluding carboxylic acids is 1. The summed E-state index contributed by atoms with van der Waals surface area (Å²) in [6.45, 7) is 2.40. The third kappa shape index (κ3) is 3.45. The molecule has 0 saturated heterocycles. The first kappa shape index (κ1) is 15.0. The summed E-state index contributed by atoms with van der Waals surface area (Å²) in [5.74, 6) is -0.108. The predicted molar refractivity (Wildman–Crippen MR) is 88.8 cm³/mol. The molecule has 2 heterocycles. The van der Waals surface area contributed by atoms with E-state index in [0.29, 0.717) is 12.2 Å². The van der Waals surface area contributed by atoms with E-state index in [1.165, 1.54) is 0 Å². The van der Waals surface area contributed by atoms with Crippen LogP contribution in [0.15, 0.2) is 54.6 Å². The van der Waals surface area contributed by atoms with Crippen molar-refractivity contribution in [1.29, 1.82) is 0 Å². The molecule has 5 nitrogen and oxygen atoms in total. The van der Waals surface area contributed by atoms with Crippen molar-refractivity contribution in [3.63, 3.8) is 0 Å². The first-order valence-corrected chi connectivity index (χ1v) is 7.42. The van der Waals surface area contributed by atoms with E-state index < -0.39 is 0 Å². The number of amides is 1. The Morgan fingerprint density at radius 2 is 1.91 bits per heavy atom. The Morgan fingerprint density at radius 3 is 2.65 bits per heavy atom. The molecule has 0 fully saturated rings. The SMILES string of the molecule is Cc1cccc(CN(C)C(=O)c2cc(-c3ccccc3)n[nH]2)n1. The molecular weight excluding hydrogens is 288 g/mol. The summed E-state index contributed by atoms with van der Waals surface area (Å²) in [6, 6.07) is 17.3. The molecule has 0 radical (unpaired) electrons. The predicted octanol–water partition coefficient (Wildman–Crippen LogP) is 3.05. The summed E-state index contributed by atoms with van der Waals surface area (Å²) < 4.78 is 0. The second-order valence-electron chi connectivity index (χ2n) is 5.46. The van der Waals surface area contributed by atoms with Gasteiger partial charge in [0.05, 0.1) is 17.9 Å². The smallest absolute Gasteiger partial charge is 0.271 e. The Labute approximate surface area is 135 Å². The highest BCUT2D eigenvalue weighted by molar-refractivity contribution is 5.93. The van der Waals surface area contributed by atoms with Gasteiger partial charge in [0.15, 0.2) is 0 Å². The number of aromatic amines is 1. The van der Waals surface area contributed by atoms with E-state index >= 15 is 0 Å². The van der Waals surface area contributed by atoms with Gasteiger partial charge in [-0.2, -0.15) is 5.10 Å². The van der Waals surface area contributed by atoms with Crippen LogP contribution in [0.5, 0.6) is 0 Å². The van der Waals surface area contributed by atoms with E-state index in [0.717, 1.165) is 22.6 Å². The van der Waals surface area contributed by atoms with Crippen LogP contribution in [0.2, 0.25) is 0 Å². The maximum Gasteiger partial charge on any atom is 0.271 e. The summed E-state index contributed by atoms with van der Waals surface area (Å²) in [7, 11) is 1.76. The molecule has 0 unspecified atom stereocenters. The Morgan fingerprint density at radius 1 is 1.13 bits per heavy atom. The molecule has 0 atom stereocenters. The molecule has 0 saturated carbocycles. The van der Waals surface area contributed by atoms with Crippen LogP contribution in [-0.2, 0) is 6.54 Å². The quantitative estimate of drug-likeness (QED) is 0.806. The molecule has 3 aromatic rings. The number of nitrogens with zero attached hydrogens (tertiary/aromatic N) is 3. The number of aryl methyl sites for hydroxylation is 1. The first-order valence-electron chi connectivity index (χ1n) is 7.42. The van der Waals surface area contributed by atoms with Crippen molar-refractivity contribution < 1.29 is 4.79 Å². The first-order chi connectivity index (χ1) is 11.1. The molecule has 0 bridgehead atoms. The second-order valence-corrected chi connectivity index (χ2v) is 5.46. The highest BCUT2D eigenvalue weighted by Gasteiger charge is 2.16. The molecule has 5 heteroatoms. The topological polar surface area (TPSA) is 61.9 Å². The van der Waals surface area contributed by atoms with Gasteiger partial charge in [0.1, 0.15) is 5.69 Å². The molecule has 1 aromatic carbocycles. The van der Waals surface area contributed by atoms with Crippen molar-refractivity contribution in [2.45, 2.75) is 13.5 Å². The molecule has 116 valence electrons. The number of hydrogen-bond acceptors (Lipinski definition) is 3. The monoisotopic (exact) mass is 306 g/mol. The zero-order valence-corrected chi connectivity index (χ0v) is 13.2. The van der Waals surface area contributed by atoms with Crippen LogP contribution in [-0.4, -0.2) is 33.0 Å². The average molecular weight is 306 g/mol. The lowest BCUT2D eigenvalue weighted by molar-refractivity contribution is 0.0777. The Balaban J connectivity index is 1.74. The minimum absolute atomic E-state index is 0.108. The third-order valence-corrected chi connectivity index (χ3v) is 3.57. The van der Waals surface area contributed by atoms with Gasteiger partial charge in [-0.15, -0.1) is 0 Å². The Hall–Kier alpha value is -2.95. The lowest BCUT2D eigenvalue weighted by Crippen LogP contribution is -2.27. The van der Waals surface area contributed by atoms with Gasteiger partial charge in [-0.3, -0.25) is 14.9 Å². The molecule has 3 rings (SSSR count). The van der Waals surface area contributed by atoms with Crippen LogP contribution >= 0.6 is 0 Å². The van der Waals surface area contributed by atoms with E-state index in [1.54, 1.807) is 18.0 Å². The minimum Gasteiger partial charge on any atom is -0.334 e. The van der Waals surface area contributed by atoms with Crippen LogP contribution in [0, 0.1) is 6.92 Å². The maximum atomic E-state index is 12.5. The highest BCUT2D eigenvalue weighted by atomic mass is 16.2. The molecule has 1 amide bonds. The van der Waals surface area contributed by atoms with Crippen LogP contribution in [0.1, 0.15) is 21.9 Å². The molecule has 1 N–H and O–H groups in total. The second kappa shape index (κ2) is 6.44. The van der Waals surface area contributed by atoms with E-state index in [1.807, 2.05) is 55.5 Å². The summed E-state index contributed by atoms with van der Waals surface area (Å²) in [5.41, 5.74) is 4.01. The molecule has 0 aliphatic rings. The summed E-state index contributed by atoms with van der Waals surface area (Å²) in [5, 5.41) is 7.04. The molecular formula is C18H18N4O. The van der Waals surface area contributed by atoms with Crippen LogP contribution in [0.3, 0.4) is 0 Å². The van der Waals surface area contributed by atoms with E-state index in [-0.39, 0.29) is 5.91 Å². The Kier molecular flexibility index (Phi) is 4.19. The van der Waals surface area contributed by atoms with Crippen molar-refractivity contribution in [1.82, 2.24) is 20.1 Å². The normalized spacial score (nSPS) is 10.5.